The predicted octanol–water partition coefficient (Wildman–Crippen LogP) is 2.64. The molecule has 1 aromatic rings. The first-order valence-electron chi connectivity index (χ1n) is 6.35. The SMILES string of the molecule is CCC1CN(C(C(=O)O)c2ccccc2)CCS1. The van der Waals surface area contributed by atoms with Crippen LogP contribution in [0.4, 0.5) is 0 Å². The fourth-order valence-corrected chi connectivity index (χ4v) is 3.57. The lowest BCUT2D eigenvalue weighted by molar-refractivity contribution is -0.143. The molecule has 3 nitrogen and oxygen atoms in total. The summed E-state index contributed by atoms with van der Waals surface area (Å²) in [6.45, 7) is 3.89. The summed E-state index contributed by atoms with van der Waals surface area (Å²) in [7, 11) is 0. The van der Waals surface area contributed by atoms with E-state index >= 15 is 0 Å². The molecular weight excluding hydrogens is 246 g/mol. The monoisotopic (exact) mass is 265 g/mol. The van der Waals surface area contributed by atoms with Crippen molar-refractivity contribution in [2.45, 2.75) is 24.6 Å². The molecule has 1 aromatic carbocycles. The van der Waals surface area contributed by atoms with E-state index in [9.17, 15) is 9.90 Å². The second-order valence-electron chi connectivity index (χ2n) is 4.55. The first-order valence-corrected chi connectivity index (χ1v) is 7.40. The van der Waals surface area contributed by atoms with Crippen LogP contribution in [0.5, 0.6) is 0 Å². The molecule has 2 unspecified atom stereocenters. The van der Waals surface area contributed by atoms with Crippen molar-refractivity contribution >= 4 is 17.7 Å². The summed E-state index contributed by atoms with van der Waals surface area (Å²) in [4.78, 5) is 13.6. The normalized spacial score (nSPS) is 22.6. The van der Waals surface area contributed by atoms with Gasteiger partial charge in [0.05, 0.1) is 0 Å². The Labute approximate surface area is 112 Å². The van der Waals surface area contributed by atoms with Crippen LogP contribution in [0.2, 0.25) is 0 Å². The molecule has 1 saturated heterocycles. The molecule has 0 spiro atoms. The van der Waals surface area contributed by atoms with Crippen LogP contribution in [0.15, 0.2) is 30.3 Å². The third kappa shape index (κ3) is 3.06. The molecule has 18 heavy (non-hydrogen) atoms. The van der Waals surface area contributed by atoms with Gasteiger partial charge in [0.1, 0.15) is 6.04 Å². The summed E-state index contributed by atoms with van der Waals surface area (Å²) in [6.07, 6.45) is 1.10. The van der Waals surface area contributed by atoms with Gasteiger partial charge in [0.25, 0.3) is 0 Å². The highest BCUT2D eigenvalue weighted by Crippen LogP contribution is 2.28. The zero-order chi connectivity index (χ0) is 13.0. The van der Waals surface area contributed by atoms with Crippen molar-refractivity contribution in [2.75, 3.05) is 18.8 Å². The van der Waals surface area contributed by atoms with Gasteiger partial charge in [-0.1, -0.05) is 37.3 Å². The van der Waals surface area contributed by atoms with Gasteiger partial charge in [0, 0.05) is 24.1 Å². The molecule has 1 fully saturated rings. The Hall–Kier alpha value is -1.00. The average Bonchev–Trinajstić information content (AvgIpc) is 2.40. The minimum Gasteiger partial charge on any atom is -0.480 e. The Bertz CT molecular complexity index is 396. The van der Waals surface area contributed by atoms with Crippen molar-refractivity contribution in [2.24, 2.45) is 0 Å². The van der Waals surface area contributed by atoms with Crippen LogP contribution in [-0.2, 0) is 4.79 Å². The number of benzene rings is 1. The highest BCUT2D eigenvalue weighted by Gasteiger charge is 2.31. The molecule has 98 valence electrons. The Balaban J connectivity index is 2.18. The number of hydrogen-bond donors (Lipinski definition) is 1. The smallest absolute Gasteiger partial charge is 0.325 e. The van der Waals surface area contributed by atoms with E-state index in [4.69, 9.17) is 0 Å². The molecule has 0 saturated carbocycles. The van der Waals surface area contributed by atoms with Gasteiger partial charge in [-0.2, -0.15) is 11.8 Å². The molecule has 2 rings (SSSR count). The van der Waals surface area contributed by atoms with Crippen molar-refractivity contribution in [1.29, 1.82) is 0 Å². The van der Waals surface area contributed by atoms with Crippen molar-refractivity contribution in [1.82, 2.24) is 4.90 Å². The van der Waals surface area contributed by atoms with Gasteiger partial charge in [-0.15, -0.1) is 0 Å². The lowest BCUT2D eigenvalue weighted by Gasteiger charge is -2.36. The number of rotatable bonds is 4. The summed E-state index contributed by atoms with van der Waals surface area (Å²) < 4.78 is 0. The summed E-state index contributed by atoms with van der Waals surface area (Å²) in [5, 5.41) is 10.0. The Morgan fingerprint density at radius 1 is 1.50 bits per heavy atom. The van der Waals surface area contributed by atoms with Gasteiger partial charge in [0.15, 0.2) is 0 Å². The highest BCUT2D eigenvalue weighted by atomic mass is 32.2. The maximum atomic E-state index is 11.5. The number of carboxylic acids is 1. The van der Waals surface area contributed by atoms with E-state index in [0.29, 0.717) is 5.25 Å². The molecule has 0 aromatic heterocycles. The van der Waals surface area contributed by atoms with E-state index in [-0.39, 0.29) is 0 Å². The van der Waals surface area contributed by atoms with Crippen LogP contribution in [0.3, 0.4) is 0 Å². The van der Waals surface area contributed by atoms with Crippen molar-refractivity contribution < 1.29 is 9.90 Å². The van der Waals surface area contributed by atoms with Crippen LogP contribution in [0, 0.1) is 0 Å². The molecule has 0 amide bonds. The second kappa shape index (κ2) is 6.25. The maximum absolute atomic E-state index is 11.5. The average molecular weight is 265 g/mol. The van der Waals surface area contributed by atoms with Crippen LogP contribution < -0.4 is 0 Å². The molecule has 1 N–H and O–H groups in total. The van der Waals surface area contributed by atoms with Crippen molar-refractivity contribution in [3.8, 4) is 0 Å². The molecule has 0 radical (unpaired) electrons. The molecule has 0 bridgehead atoms. The summed E-state index contributed by atoms with van der Waals surface area (Å²) in [5.74, 6) is 0.276. The standard InChI is InChI=1S/C14H19NO2S/c1-2-12-10-15(8-9-18-12)13(14(16)17)11-6-4-3-5-7-11/h3-7,12-13H,2,8-10H2,1H3,(H,16,17). The Morgan fingerprint density at radius 3 is 2.83 bits per heavy atom. The lowest BCUT2D eigenvalue weighted by Crippen LogP contribution is -2.43. The quantitative estimate of drug-likeness (QED) is 0.908. The molecule has 1 aliphatic heterocycles. The molecule has 0 aliphatic carbocycles. The summed E-state index contributed by atoms with van der Waals surface area (Å²) in [5.41, 5.74) is 0.881. The minimum atomic E-state index is -0.747. The van der Waals surface area contributed by atoms with Crippen LogP contribution in [-0.4, -0.2) is 40.1 Å². The molecule has 1 aliphatic rings. The number of nitrogens with zero attached hydrogens (tertiary/aromatic N) is 1. The topological polar surface area (TPSA) is 40.5 Å². The third-order valence-electron chi connectivity index (χ3n) is 3.34. The molecule has 4 heteroatoms. The largest absolute Gasteiger partial charge is 0.480 e. The fraction of sp³-hybridized carbons (Fsp3) is 0.500. The number of hydrogen-bond acceptors (Lipinski definition) is 3. The Kier molecular flexibility index (Phi) is 4.66. The van der Waals surface area contributed by atoms with E-state index in [0.717, 1.165) is 30.8 Å². The summed E-state index contributed by atoms with van der Waals surface area (Å²) >= 11 is 1.96. The predicted molar refractivity (Wildman–Crippen MR) is 74.9 cm³/mol. The fourth-order valence-electron chi connectivity index (χ4n) is 2.37. The van der Waals surface area contributed by atoms with Crippen LogP contribution >= 0.6 is 11.8 Å². The first-order chi connectivity index (χ1) is 8.72. The number of carbonyl (C=O) groups is 1. The van der Waals surface area contributed by atoms with Gasteiger partial charge in [-0.3, -0.25) is 9.69 Å². The first kappa shape index (κ1) is 13.4. The lowest BCUT2D eigenvalue weighted by atomic mass is 10.0. The van der Waals surface area contributed by atoms with Gasteiger partial charge in [0.2, 0.25) is 0 Å². The number of thioether (sulfide) groups is 1. The summed E-state index contributed by atoms with van der Waals surface area (Å²) in [6, 6.07) is 9.04. The van der Waals surface area contributed by atoms with E-state index in [1.807, 2.05) is 42.1 Å². The van der Waals surface area contributed by atoms with Gasteiger partial charge in [-0.05, 0) is 12.0 Å². The van der Waals surface area contributed by atoms with Gasteiger partial charge in [-0.25, -0.2) is 0 Å². The van der Waals surface area contributed by atoms with E-state index in [1.165, 1.54) is 0 Å². The molecule has 1 heterocycles. The minimum absolute atomic E-state index is 0.499. The van der Waals surface area contributed by atoms with Gasteiger partial charge >= 0.3 is 5.97 Å². The number of carboxylic acid groups (broad SMARTS) is 1. The van der Waals surface area contributed by atoms with Crippen molar-refractivity contribution in [3.05, 3.63) is 35.9 Å². The maximum Gasteiger partial charge on any atom is 0.325 e. The van der Waals surface area contributed by atoms with Crippen molar-refractivity contribution in [3.63, 3.8) is 0 Å². The number of aliphatic carboxylic acids is 1. The second-order valence-corrected chi connectivity index (χ2v) is 5.96. The third-order valence-corrected chi connectivity index (χ3v) is 4.71. The zero-order valence-electron chi connectivity index (χ0n) is 10.6. The van der Waals surface area contributed by atoms with E-state index in [2.05, 4.69) is 11.8 Å². The van der Waals surface area contributed by atoms with Crippen LogP contribution in [0.25, 0.3) is 0 Å². The van der Waals surface area contributed by atoms with E-state index in [1.54, 1.807) is 0 Å². The highest BCUT2D eigenvalue weighted by molar-refractivity contribution is 8.00. The molecular formula is C14H19NO2S. The zero-order valence-corrected chi connectivity index (χ0v) is 11.4. The molecule has 2 atom stereocenters. The van der Waals surface area contributed by atoms with E-state index < -0.39 is 12.0 Å². The van der Waals surface area contributed by atoms with Gasteiger partial charge < -0.3 is 5.11 Å². The Morgan fingerprint density at radius 2 is 2.22 bits per heavy atom. The van der Waals surface area contributed by atoms with Crippen LogP contribution in [0.1, 0.15) is 24.9 Å².